The van der Waals surface area contributed by atoms with Crippen molar-refractivity contribution in [1.82, 2.24) is 0 Å². The zero-order chi connectivity index (χ0) is 15.5. The van der Waals surface area contributed by atoms with Crippen molar-refractivity contribution in [1.29, 1.82) is 0 Å². The van der Waals surface area contributed by atoms with Gasteiger partial charge in [0.1, 0.15) is 11.4 Å². The summed E-state index contributed by atoms with van der Waals surface area (Å²) in [5.41, 5.74) is 5.49. The summed E-state index contributed by atoms with van der Waals surface area (Å²) in [5, 5.41) is 18.4. The Kier molecular flexibility index (Phi) is 4.73. The van der Waals surface area contributed by atoms with Gasteiger partial charge in [-0.3, -0.25) is 9.59 Å². The lowest BCUT2D eigenvalue weighted by Gasteiger charge is -2.25. The van der Waals surface area contributed by atoms with Crippen molar-refractivity contribution in [3.8, 4) is 5.75 Å². The van der Waals surface area contributed by atoms with Crippen LogP contribution >= 0.6 is 0 Å². The number of carboxylic acids is 1. The minimum absolute atomic E-state index is 0.0325. The summed E-state index contributed by atoms with van der Waals surface area (Å²) in [6.45, 7) is 4.95. The van der Waals surface area contributed by atoms with E-state index in [9.17, 15) is 19.8 Å². The Bertz CT molecular complexity index is 489. The fourth-order valence-electron chi connectivity index (χ4n) is 1.66. The van der Waals surface area contributed by atoms with Crippen LogP contribution in [0.4, 0.5) is 0 Å². The van der Waals surface area contributed by atoms with Crippen LogP contribution in [0.1, 0.15) is 32.4 Å². The molecule has 0 bridgehead atoms. The Morgan fingerprint density at radius 3 is 2.10 bits per heavy atom. The summed E-state index contributed by atoms with van der Waals surface area (Å²) in [5.74, 6) is -3.70. The zero-order valence-corrected chi connectivity index (χ0v) is 11.7. The standard InChI is InChI=1S/C14H19NO5/c1-14(2,3)20-13(19)10(12(17)18)11(15)8-4-6-9(16)7-5-8/h4-7,10-11,16H,15H2,1-3H3,(H,17,18)/t10-,11-/m0/s1. The van der Waals surface area contributed by atoms with Gasteiger partial charge >= 0.3 is 11.9 Å². The van der Waals surface area contributed by atoms with E-state index < -0.39 is 29.5 Å². The van der Waals surface area contributed by atoms with Crippen molar-refractivity contribution < 1.29 is 24.5 Å². The minimum atomic E-state index is -1.50. The van der Waals surface area contributed by atoms with Gasteiger partial charge in [0.15, 0.2) is 5.92 Å². The number of hydrogen-bond donors (Lipinski definition) is 3. The number of phenols is 1. The number of hydrogen-bond acceptors (Lipinski definition) is 5. The molecule has 0 aliphatic carbocycles. The fourth-order valence-corrected chi connectivity index (χ4v) is 1.66. The zero-order valence-electron chi connectivity index (χ0n) is 11.7. The van der Waals surface area contributed by atoms with Gasteiger partial charge in [-0.05, 0) is 38.5 Å². The fraction of sp³-hybridized carbons (Fsp3) is 0.429. The van der Waals surface area contributed by atoms with Gasteiger partial charge in [-0.15, -0.1) is 0 Å². The summed E-state index contributed by atoms with van der Waals surface area (Å²) in [6.07, 6.45) is 0. The molecule has 0 fully saturated rings. The van der Waals surface area contributed by atoms with Crippen molar-refractivity contribution in [3.05, 3.63) is 29.8 Å². The predicted octanol–water partition coefficient (Wildman–Crippen LogP) is 1.43. The van der Waals surface area contributed by atoms with Crippen LogP contribution in [0.5, 0.6) is 5.75 Å². The molecule has 0 unspecified atom stereocenters. The molecule has 110 valence electrons. The highest BCUT2D eigenvalue weighted by atomic mass is 16.6. The topological polar surface area (TPSA) is 110 Å². The number of phenolic OH excluding ortho intramolecular Hbond substituents is 1. The predicted molar refractivity (Wildman–Crippen MR) is 72.0 cm³/mol. The van der Waals surface area contributed by atoms with Crippen LogP contribution in [0.2, 0.25) is 0 Å². The maximum absolute atomic E-state index is 11.9. The molecular formula is C14H19NO5. The molecule has 0 radical (unpaired) electrons. The van der Waals surface area contributed by atoms with Crippen molar-refractivity contribution in [2.75, 3.05) is 0 Å². The van der Waals surface area contributed by atoms with Crippen LogP contribution in [0.25, 0.3) is 0 Å². The molecule has 0 aromatic heterocycles. The van der Waals surface area contributed by atoms with Crippen LogP contribution in [-0.4, -0.2) is 27.8 Å². The van der Waals surface area contributed by atoms with Crippen LogP contribution in [-0.2, 0) is 14.3 Å². The van der Waals surface area contributed by atoms with Crippen LogP contribution in [0, 0.1) is 5.92 Å². The highest BCUT2D eigenvalue weighted by Crippen LogP contribution is 2.24. The lowest BCUT2D eigenvalue weighted by atomic mass is 9.93. The van der Waals surface area contributed by atoms with Crippen LogP contribution < -0.4 is 5.73 Å². The van der Waals surface area contributed by atoms with E-state index in [0.717, 1.165) is 0 Å². The van der Waals surface area contributed by atoms with Crippen molar-refractivity contribution in [2.24, 2.45) is 11.7 Å². The number of carbonyl (C=O) groups is 2. The Balaban J connectivity index is 2.99. The highest BCUT2D eigenvalue weighted by molar-refractivity contribution is 5.95. The third-order valence-corrected chi connectivity index (χ3v) is 2.56. The molecular weight excluding hydrogens is 262 g/mol. The number of rotatable bonds is 4. The van der Waals surface area contributed by atoms with Crippen LogP contribution in [0.3, 0.4) is 0 Å². The number of benzene rings is 1. The van der Waals surface area contributed by atoms with Crippen molar-refractivity contribution >= 4 is 11.9 Å². The second kappa shape index (κ2) is 5.92. The summed E-state index contributed by atoms with van der Waals surface area (Å²) < 4.78 is 5.08. The number of aromatic hydroxyl groups is 1. The van der Waals surface area contributed by atoms with Gasteiger partial charge in [0.2, 0.25) is 0 Å². The molecule has 0 spiro atoms. The van der Waals surface area contributed by atoms with E-state index in [4.69, 9.17) is 10.5 Å². The number of esters is 1. The lowest BCUT2D eigenvalue weighted by molar-refractivity contribution is -0.167. The summed E-state index contributed by atoms with van der Waals surface area (Å²) in [6, 6.07) is 4.65. The average Bonchev–Trinajstić information content (AvgIpc) is 2.26. The third kappa shape index (κ3) is 4.24. The second-order valence-electron chi connectivity index (χ2n) is 5.47. The van der Waals surface area contributed by atoms with E-state index in [-0.39, 0.29) is 5.75 Å². The molecule has 0 aliphatic rings. The normalized spacial score (nSPS) is 14.4. The monoisotopic (exact) mass is 281 g/mol. The van der Waals surface area contributed by atoms with Crippen LogP contribution in [0.15, 0.2) is 24.3 Å². The molecule has 6 nitrogen and oxygen atoms in total. The van der Waals surface area contributed by atoms with E-state index in [0.29, 0.717) is 5.56 Å². The molecule has 1 aromatic carbocycles. The van der Waals surface area contributed by atoms with Gasteiger partial charge in [0.25, 0.3) is 0 Å². The summed E-state index contributed by atoms with van der Waals surface area (Å²) in [7, 11) is 0. The Hall–Kier alpha value is -2.08. The summed E-state index contributed by atoms with van der Waals surface area (Å²) in [4.78, 5) is 23.2. The van der Waals surface area contributed by atoms with Gasteiger partial charge in [-0.25, -0.2) is 0 Å². The molecule has 1 aromatic rings. The number of ether oxygens (including phenoxy) is 1. The number of carboxylic acid groups (broad SMARTS) is 1. The number of aliphatic carboxylic acids is 1. The van der Waals surface area contributed by atoms with Gasteiger partial charge in [-0.2, -0.15) is 0 Å². The molecule has 0 saturated heterocycles. The first-order valence-electron chi connectivity index (χ1n) is 6.12. The van der Waals surface area contributed by atoms with E-state index >= 15 is 0 Å². The first kappa shape index (κ1) is 16.0. The second-order valence-corrected chi connectivity index (χ2v) is 5.47. The molecule has 20 heavy (non-hydrogen) atoms. The van der Waals surface area contributed by atoms with E-state index in [2.05, 4.69) is 0 Å². The Morgan fingerprint density at radius 1 is 1.20 bits per heavy atom. The quantitative estimate of drug-likeness (QED) is 0.569. The lowest BCUT2D eigenvalue weighted by Crippen LogP contribution is -2.39. The molecule has 1 rings (SSSR count). The van der Waals surface area contributed by atoms with Gasteiger partial charge < -0.3 is 20.7 Å². The Labute approximate surface area is 117 Å². The number of carbonyl (C=O) groups excluding carboxylic acids is 1. The molecule has 0 saturated carbocycles. The third-order valence-electron chi connectivity index (χ3n) is 2.56. The molecule has 0 heterocycles. The maximum Gasteiger partial charge on any atom is 0.322 e. The van der Waals surface area contributed by atoms with Gasteiger partial charge in [0, 0.05) is 0 Å². The molecule has 2 atom stereocenters. The van der Waals surface area contributed by atoms with Gasteiger partial charge in [0.05, 0.1) is 6.04 Å². The van der Waals surface area contributed by atoms with E-state index in [1.165, 1.54) is 24.3 Å². The summed E-state index contributed by atoms with van der Waals surface area (Å²) >= 11 is 0. The SMILES string of the molecule is CC(C)(C)OC(=O)[C@H](C(=O)O)[C@@H](N)c1ccc(O)cc1. The molecule has 0 amide bonds. The molecule has 6 heteroatoms. The largest absolute Gasteiger partial charge is 0.508 e. The van der Waals surface area contributed by atoms with Crippen molar-refractivity contribution in [3.63, 3.8) is 0 Å². The smallest absolute Gasteiger partial charge is 0.322 e. The van der Waals surface area contributed by atoms with E-state index in [1.807, 2.05) is 0 Å². The van der Waals surface area contributed by atoms with Crippen molar-refractivity contribution in [2.45, 2.75) is 32.4 Å². The first-order valence-corrected chi connectivity index (χ1v) is 6.12. The molecule has 0 aliphatic heterocycles. The highest BCUT2D eigenvalue weighted by Gasteiger charge is 2.37. The maximum atomic E-state index is 11.9. The van der Waals surface area contributed by atoms with Gasteiger partial charge in [-0.1, -0.05) is 12.1 Å². The number of nitrogens with two attached hydrogens (primary N) is 1. The minimum Gasteiger partial charge on any atom is -0.508 e. The van der Waals surface area contributed by atoms with E-state index in [1.54, 1.807) is 20.8 Å². The molecule has 4 N–H and O–H groups in total. The average molecular weight is 281 g/mol. The first-order chi connectivity index (χ1) is 9.11. The Morgan fingerprint density at radius 2 is 1.70 bits per heavy atom.